The Morgan fingerprint density at radius 3 is 2.26 bits per heavy atom. The Labute approximate surface area is 108 Å². The maximum absolute atomic E-state index is 13.6. The van der Waals surface area contributed by atoms with Gasteiger partial charge in [0.05, 0.1) is 6.54 Å². The molecule has 0 aliphatic rings. The van der Waals surface area contributed by atoms with Crippen LogP contribution in [0.25, 0.3) is 0 Å². The van der Waals surface area contributed by atoms with Crippen LogP contribution in [0.2, 0.25) is 0 Å². The van der Waals surface area contributed by atoms with E-state index in [1.165, 1.54) is 0 Å². The fraction of sp³-hybridized carbons (Fsp3) is 0.417. The number of amides is 1. The standard InChI is InChI=1S/C12H14F4N2O/c1-3-17-11-8(13)4-7(5-9(11)14)12(19)18(2)6-10(15)16/h4-5,10,17H,3,6H2,1-2H3. The van der Waals surface area contributed by atoms with E-state index in [-0.39, 0.29) is 11.3 Å². The monoisotopic (exact) mass is 278 g/mol. The number of hydrogen-bond donors (Lipinski definition) is 1. The smallest absolute Gasteiger partial charge is 0.255 e. The van der Waals surface area contributed by atoms with Crippen molar-refractivity contribution >= 4 is 11.6 Å². The fourth-order valence-corrected chi connectivity index (χ4v) is 1.55. The summed E-state index contributed by atoms with van der Waals surface area (Å²) < 4.78 is 51.4. The molecule has 7 heteroatoms. The highest BCUT2D eigenvalue weighted by atomic mass is 19.3. The molecule has 0 saturated heterocycles. The third kappa shape index (κ3) is 3.84. The van der Waals surface area contributed by atoms with Crippen molar-refractivity contribution in [2.24, 2.45) is 0 Å². The van der Waals surface area contributed by atoms with Gasteiger partial charge >= 0.3 is 0 Å². The van der Waals surface area contributed by atoms with Gasteiger partial charge in [0.25, 0.3) is 12.3 Å². The van der Waals surface area contributed by atoms with Gasteiger partial charge < -0.3 is 10.2 Å². The average molecular weight is 278 g/mol. The van der Waals surface area contributed by atoms with Gasteiger partial charge in [-0.05, 0) is 19.1 Å². The summed E-state index contributed by atoms with van der Waals surface area (Å²) >= 11 is 0. The topological polar surface area (TPSA) is 32.3 Å². The van der Waals surface area contributed by atoms with E-state index in [0.29, 0.717) is 11.4 Å². The lowest BCUT2D eigenvalue weighted by molar-refractivity contribution is 0.0619. The molecule has 0 bridgehead atoms. The first-order valence-corrected chi connectivity index (χ1v) is 5.63. The van der Waals surface area contributed by atoms with E-state index < -0.39 is 30.5 Å². The van der Waals surface area contributed by atoms with E-state index in [4.69, 9.17) is 0 Å². The SMILES string of the molecule is CCNc1c(F)cc(C(=O)N(C)CC(F)F)cc1F. The Hall–Kier alpha value is -1.79. The summed E-state index contributed by atoms with van der Waals surface area (Å²) in [6, 6.07) is 1.65. The van der Waals surface area contributed by atoms with E-state index in [2.05, 4.69) is 5.32 Å². The molecule has 0 radical (unpaired) electrons. The molecule has 0 unspecified atom stereocenters. The predicted octanol–water partition coefficient (Wildman–Crippen LogP) is 2.73. The summed E-state index contributed by atoms with van der Waals surface area (Å²) in [5.74, 6) is -2.73. The molecule has 0 aliphatic heterocycles. The van der Waals surface area contributed by atoms with Crippen molar-refractivity contribution in [3.05, 3.63) is 29.3 Å². The first-order valence-electron chi connectivity index (χ1n) is 5.63. The zero-order chi connectivity index (χ0) is 14.6. The van der Waals surface area contributed by atoms with Gasteiger partial charge in [0.2, 0.25) is 0 Å². The van der Waals surface area contributed by atoms with Crippen LogP contribution in [0.5, 0.6) is 0 Å². The number of nitrogens with one attached hydrogen (secondary N) is 1. The average Bonchev–Trinajstić information content (AvgIpc) is 2.31. The molecular formula is C12H14F4N2O. The van der Waals surface area contributed by atoms with Gasteiger partial charge in [-0.2, -0.15) is 0 Å². The lowest BCUT2D eigenvalue weighted by atomic mass is 10.1. The zero-order valence-corrected chi connectivity index (χ0v) is 10.5. The van der Waals surface area contributed by atoms with Crippen molar-refractivity contribution in [1.82, 2.24) is 4.90 Å². The van der Waals surface area contributed by atoms with E-state index in [0.717, 1.165) is 19.2 Å². The number of halogens is 4. The number of carbonyl (C=O) groups is 1. The molecule has 1 aromatic rings. The number of hydrogen-bond acceptors (Lipinski definition) is 2. The number of anilines is 1. The molecule has 0 aliphatic carbocycles. The van der Waals surface area contributed by atoms with Gasteiger partial charge in [0.1, 0.15) is 17.3 Å². The number of benzene rings is 1. The van der Waals surface area contributed by atoms with Crippen LogP contribution in [0.1, 0.15) is 17.3 Å². The van der Waals surface area contributed by atoms with Gasteiger partial charge in [-0.1, -0.05) is 0 Å². The molecule has 0 saturated carbocycles. The number of alkyl halides is 2. The molecule has 0 atom stereocenters. The normalized spacial score (nSPS) is 10.7. The van der Waals surface area contributed by atoms with E-state index >= 15 is 0 Å². The second kappa shape index (κ2) is 6.40. The summed E-state index contributed by atoms with van der Waals surface area (Å²) in [4.78, 5) is 12.4. The Balaban J connectivity index is 2.99. The molecule has 19 heavy (non-hydrogen) atoms. The second-order valence-electron chi connectivity index (χ2n) is 3.92. The van der Waals surface area contributed by atoms with Crippen LogP contribution in [0.15, 0.2) is 12.1 Å². The maximum atomic E-state index is 13.6. The minimum Gasteiger partial charge on any atom is -0.381 e. The minimum absolute atomic E-state index is 0.306. The van der Waals surface area contributed by atoms with Gasteiger partial charge in [-0.15, -0.1) is 0 Å². The quantitative estimate of drug-likeness (QED) is 0.840. The van der Waals surface area contributed by atoms with Crippen LogP contribution in [0, 0.1) is 11.6 Å². The fourth-order valence-electron chi connectivity index (χ4n) is 1.55. The molecular weight excluding hydrogens is 264 g/mol. The van der Waals surface area contributed by atoms with Crippen molar-refractivity contribution in [2.45, 2.75) is 13.3 Å². The van der Waals surface area contributed by atoms with Crippen LogP contribution in [0.3, 0.4) is 0 Å². The van der Waals surface area contributed by atoms with E-state index in [1.54, 1.807) is 6.92 Å². The summed E-state index contributed by atoms with van der Waals surface area (Å²) in [7, 11) is 1.14. The Morgan fingerprint density at radius 1 is 1.32 bits per heavy atom. The lowest BCUT2D eigenvalue weighted by Crippen LogP contribution is -2.31. The Kier molecular flexibility index (Phi) is 5.14. The van der Waals surface area contributed by atoms with Crippen molar-refractivity contribution in [2.75, 3.05) is 25.5 Å². The third-order valence-electron chi connectivity index (χ3n) is 2.40. The molecule has 1 amide bonds. The molecule has 1 aromatic carbocycles. The highest BCUT2D eigenvalue weighted by Gasteiger charge is 2.19. The minimum atomic E-state index is -2.70. The molecule has 0 aromatic heterocycles. The van der Waals surface area contributed by atoms with Crippen LogP contribution in [-0.2, 0) is 0 Å². The van der Waals surface area contributed by atoms with Gasteiger partial charge in [0.15, 0.2) is 0 Å². The summed E-state index contributed by atoms with van der Waals surface area (Å²) in [6.07, 6.45) is -2.70. The molecule has 0 heterocycles. The maximum Gasteiger partial charge on any atom is 0.255 e. The van der Waals surface area contributed by atoms with Crippen LogP contribution < -0.4 is 5.32 Å². The molecule has 1 N–H and O–H groups in total. The summed E-state index contributed by atoms with van der Waals surface area (Å²) in [5.41, 5.74) is -0.643. The highest BCUT2D eigenvalue weighted by Crippen LogP contribution is 2.21. The van der Waals surface area contributed by atoms with E-state index in [1.807, 2.05) is 0 Å². The van der Waals surface area contributed by atoms with Gasteiger partial charge in [-0.25, -0.2) is 17.6 Å². The van der Waals surface area contributed by atoms with Gasteiger partial charge in [-0.3, -0.25) is 4.79 Å². The second-order valence-corrected chi connectivity index (χ2v) is 3.92. The Bertz CT molecular complexity index is 442. The first-order chi connectivity index (χ1) is 8.86. The molecule has 0 fully saturated rings. The van der Waals surface area contributed by atoms with Crippen molar-refractivity contribution in [1.29, 1.82) is 0 Å². The lowest BCUT2D eigenvalue weighted by Gasteiger charge is -2.17. The summed E-state index contributed by atoms with van der Waals surface area (Å²) in [5, 5.41) is 2.48. The van der Waals surface area contributed by atoms with Crippen molar-refractivity contribution < 1.29 is 22.4 Å². The number of carbonyl (C=O) groups excluding carboxylic acids is 1. The largest absolute Gasteiger partial charge is 0.381 e. The van der Waals surface area contributed by atoms with E-state index in [9.17, 15) is 22.4 Å². The van der Waals surface area contributed by atoms with Gasteiger partial charge in [0, 0.05) is 19.2 Å². The zero-order valence-electron chi connectivity index (χ0n) is 10.5. The third-order valence-corrected chi connectivity index (χ3v) is 2.40. The van der Waals surface area contributed by atoms with Crippen LogP contribution in [-0.4, -0.2) is 37.4 Å². The first kappa shape index (κ1) is 15.3. The van der Waals surface area contributed by atoms with Crippen molar-refractivity contribution in [3.63, 3.8) is 0 Å². The van der Waals surface area contributed by atoms with Crippen molar-refractivity contribution in [3.8, 4) is 0 Å². The molecule has 3 nitrogen and oxygen atoms in total. The molecule has 106 valence electrons. The Morgan fingerprint density at radius 2 is 1.84 bits per heavy atom. The number of nitrogens with zero attached hydrogens (tertiary/aromatic N) is 1. The van der Waals surface area contributed by atoms with Crippen LogP contribution in [0.4, 0.5) is 23.2 Å². The highest BCUT2D eigenvalue weighted by molar-refractivity contribution is 5.94. The predicted molar refractivity (Wildman–Crippen MR) is 63.5 cm³/mol. The summed E-state index contributed by atoms with van der Waals surface area (Å²) in [6.45, 7) is 1.18. The van der Waals surface area contributed by atoms with Crippen LogP contribution >= 0.6 is 0 Å². The molecule has 0 spiro atoms. The number of rotatable bonds is 5. The molecule has 1 rings (SSSR count).